The van der Waals surface area contributed by atoms with Crippen molar-refractivity contribution in [1.82, 2.24) is 24.9 Å². The number of carbonyl (C=O) groups excluding carboxylic acids is 1. The topological polar surface area (TPSA) is 73.1 Å². The fourth-order valence-corrected chi connectivity index (χ4v) is 3.57. The first-order chi connectivity index (χ1) is 14.7. The Bertz CT molecular complexity index is 1140. The third-order valence-corrected chi connectivity index (χ3v) is 5.04. The van der Waals surface area contributed by atoms with E-state index in [1.54, 1.807) is 17.8 Å². The van der Waals surface area contributed by atoms with Crippen molar-refractivity contribution in [2.75, 3.05) is 6.54 Å². The zero-order chi connectivity index (χ0) is 22.3. The van der Waals surface area contributed by atoms with Crippen molar-refractivity contribution in [2.45, 2.75) is 32.7 Å². The number of fused-ring (bicyclic) bond motifs is 1. The van der Waals surface area contributed by atoms with Crippen LogP contribution in [-0.2, 0) is 6.42 Å². The van der Waals surface area contributed by atoms with Crippen molar-refractivity contribution in [3.63, 3.8) is 0 Å². The van der Waals surface area contributed by atoms with E-state index in [0.717, 1.165) is 29.5 Å². The maximum Gasteiger partial charge on any atom is 0.573 e. The molecule has 0 fully saturated rings. The zero-order valence-corrected chi connectivity index (χ0v) is 16.5. The van der Waals surface area contributed by atoms with Gasteiger partial charge in [0.1, 0.15) is 5.69 Å². The van der Waals surface area contributed by atoms with Crippen LogP contribution in [0.25, 0.3) is 5.82 Å². The number of nitrogens with zero attached hydrogens (tertiary/aromatic N) is 5. The summed E-state index contributed by atoms with van der Waals surface area (Å²) in [5.74, 6) is -2.59. The Morgan fingerprint density at radius 1 is 1.26 bits per heavy atom. The number of amides is 1. The van der Waals surface area contributed by atoms with E-state index in [2.05, 4.69) is 20.0 Å². The largest absolute Gasteiger partial charge is 0.573 e. The molecule has 1 aromatic carbocycles. The summed E-state index contributed by atoms with van der Waals surface area (Å²) in [5.41, 5.74) is 1.77. The van der Waals surface area contributed by atoms with E-state index < -0.39 is 35.4 Å². The molecule has 7 nitrogen and oxygen atoms in total. The van der Waals surface area contributed by atoms with Gasteiger partial charge in [-0.3, -0.25) is 4.79 Å². The number of alkyl halides is 3. The van der Waals surface area contributed by atoms with Crippen LogP contribution in [-0.4, -0.2) is 43.7 Å². The molecule has 11 heteroatoms. The average Bonchev–Trinajstić information content (AvgIpc) is 3.13. The third-order valence-electron chi connectivity index (χ3n) is 5.04. The lowest BCUT2D eigenvalue weighted by Gasteiger charge is -2.32. The van der Waals surface area contributed by atoms with Gasteiger partial charge in [-0.15, -0.1) is 18.3 Å². The Morgan fingerprint density at radius 2 is 2.03 bits per heavy atom. The van der Waals surface area contributed by atoms with Gasteiger partial charge < -0.3 is 9.64 Å². The summed E-state index contributed by atoms with van der Waals surface area (Å²) in [5, 5.41) is 8.32. The Balaban J connectivity index is 1.63. The molecular formula is C20H17F4N5O2. The molecule has 162 valence electrons. The van der Waals surface area contributed by atoms with Crippen LogP contribution >= 0.6 is 0 Å². The number of aromatic nitrogens is 4. The Kier molecular flexibility index (Phi) is 5.11. The number of aryl methyl sites for hydroxylation is 1. The highest BCUT2D eigenvalue weighted by atomic mass is 19.4. The fourth-order valence-electron chi connectivity index (χ4n) is 3.57. The number of hydrogen-bond donors (Lipinski definition) is 0. The van der Waals surface area contributed by atoms with Gasteiger partial charge in [0, 0.05) is 19.2 Å². The third kappa shape index (κ3) is 3.94. The van der Waals surface area contributed by atoms with Crippen LogP contribution in [0.15, 0.2) is 36.5 Å². The number of pyridine rings is 1. The minimum absolute atomic E-state index is 0.204. The summed E-state index contributed by atoms with van der Waals surface area (Å²) in [6, 6.07) is 6.20. The van der Waals surface area contributed by atoms with Crippen LogP contribution in [0.3, 0.4) is 0 Å². The highest BCUT2D eigenvalue weighted by Crippen LogP contribution is 2.32. The van der Waals surface area contributed by atoms with Crippen LogP contribution in [0.4, 0.5) is 17.6 Å². The molecule has 4 rings (SSSR count). The molecule has 1 atom stereocenters. The lowest BCUT2D eigenvalue weighted by Crippen LogP contribution is -2.39. The summed E-state index contributed by atoms with van der Waals surface area (Å²) in [6.45, 7) is 3.82. The lowest BCUT2D eigenvalue weighted by atomic mass is 10.0. The molecule has 1 amide bonds. The Labute approximate surface area is 174 Å². The molecule has 31 heavy (non-hydrogen) atoms. The lowest BCUT2D eigenvalue weighted by molar-refractivity contribution is -0.275. The molecule has 1 unspecified atom stereocenters. The van der Waals surface area contributed by atoms with Crippen molar-refractivity contribution < 1.29 is 27.1 Å². The molecule has 0 radical (unpaired) electrons. The molecule has 0 N–H and O–H groups in total. The second kappa shape index (κ2) is 7.64. The van der Waals surface area contributed by atoms with Crippen molar-refractivity contribution in [3.8, 4) is 11.6 Å². The molecular weight excluding hydrogens is 418 g/mol. The van der Waals surface area contributed by atoms with E-state index in [9.17, 15) is 22.4 Å². The van der Waals surface area contributed by atoms with Gasteiger partial charge in [0.15, 0.2) is 17.4 Å². The van der Waals surface area contributed by atoms with Crippen molar-refractivity contribution in [2.24, 2.45) is 0 Å². The number of halogens is 4. The summed E-state index contributed by atoms with van der Waals surface area (Å²) >= 11 is 0. The number of ether oxygens (including phenoxy) is 1. The maximum absolute atomic E-state index is 14.6. The van der Waals surface area contributed by atoms with Crippen LogP contribution < -0.4 is 4.74 Å². The standard InChI is InChI=1S/C20H17F4N5O2/c1-11-6-8-25-16(10-11)29-14-7-9-28(12(2)18(14)26-27-29)19(30)13-4-3-5-15(17(13)21)31-20(22,23)24/h3-6,8,10,12H,7,9H2,1-2H3. The van der Waals surface area contributed by atoms with Gasteiger partial charge in [-0.25, -0.2) is 9.37 Å². The maximum atomic E-state index is 14.6. The number of carbonyl (C=O) groups is 1. The molecule has 0 aliphatic carbocycles. The molecule has 3 aromatic rings. The quantitative estimate of drug-likeness (QED) is 0.586. The van der Waals surface area contributed by atoms with Gasteiger partial charge in [0.25, 0.3) is 5.91 Å². The van der Waals surface area contributed by atoms with E-state index in [-0.39, 0.29) is 6.54 Å². The summed E-state index contributed by atoms with van der Waals surface area (Å²) in [6.07, 6.45) is -3.05. The molecule has 0 saturated heterocycles. The van der Waals surface area contributed by atoms with E-state index in [0.29, 0.717) is 17.9 Å². The molecule has 3 heterocycles. The monoisotopic (exact) mass is 435 g/mol. The zero-order valence-electron chi connectivity index (χ0n) is 16.5. The van der Waals surface area contributed by atoms with Crippen LogP contribution in [0, 0.1) is 12.7 Å². The van der Waals surface area contributed by atoms with Gasteiger partial charge in [0.2, 0.25) is 0 Å². The van der Waals surface area contributed by atoms with Gasteiger partial charge in [-0.1, -0.05) is 11.3 Å². The average molecular weight is 435 g/mol. The number of rotatable bonds is 3. The first-order valence-corrected chi connectivity index (χ1v) is 9.38. The second-order valence-electron chi connectivity index (χ2n) is 7.11. The minimum Gasteiger partial charge on any atom is -0.403 e. The van der Waals surface area contributed by atoms with Crippen molar-refractivity contribution >= 4 is 5.91 Å². The summed E-state index contributed by atoms with van der Waals surface area (Å²) < 4.78 is 57.3. The van der Waals surface area contributed by atoms with Gasteiger partial charge in [0.05, 0.1) is 17.3 Å². The normalized spacial score (nSPS) is 16.2. The predicted molar refractivity (Wildman–Crippen MR) is 100 cm³/mol. The van der Waals surface area contributed by atoms with Crippen LogP contribution in [0.2, 0.25) is 0 Å². The van der Waals surface area contributed by atoms with E-state index in [1.165, 1.54) is 4.90 Å². The molecule has 0 saturated carbocycles. The molecule has 0 spiro atoms. The smallest absolute Gasteiger partial charge is 0.403 e. The predicted octanol–water partition coefficient (Wildman–Crippen LogP) is 3.77. The van der Waals surface area contributed by atoms with Crippen molar-refractivity contribution in [1.29, 1.82) is 0 Å². The number of hydrogen-bond acceptors (Lipinski definition) is 5. The van der Waals surface area contributed by atoms with Gasteiger partial charge in [-0.05, 0) is 43.7 Å². The van der Waals surface area contributed by atoms with Crippen LogP contribution in [0.5, 0.6) is 5.75 Å². The Morgan fingerprint density at radius 3 is 2.74 bits per heavy atom. The van der Waals surface area contributed by atoms with Gasteiger partial charge in [-0.2, -0.15) is 4.68 Å². The first-order valence-electron chi connectivity index (χ1n) is 9.38. The molecule has 0 bridgehead atoms. The van der Waals surface area contributed by atoms with E-state index in [4.69, 9.17) is 0 Å². The van der Waals surface area contributed by atoms with E-state index >= 15 is 0 Å². The highest BCUT2D eigenvalue weighted by molar-refractivity contribution is 5.95. The van der Waals surface area contributed by atoms with Gasteiger partial charge >= 0.3 is 6.36 Å². The molecule has 1 aliphatic rings. The summed E-state index contributed by atoms with van der Waals surface area (Å²) in [7, 11) is 0. The van der Waals surface area contributed by atoms with Crippen molar-refractivity contribution in [3.05, 3.63) is 64.9 Å². The molecule has 2 aromatic heterocycles. The number of benzene rings is 1. The Hall–Kier alpha value is -3.50. The molecule has 1 aliphatic heterocycles. The van der Waals surface area contributed by atoms with E-state index in [1.807, 2.05) is 19.1 Å². The highest BCUT2D eigenvalue weighted by Gasteiger charge is 2.36. The SMILES string of the molecule is Cc1ccnc(-n2nnc3c2CCN(C(=O)c2cccc(OC(F)(F)F)c2F)C3C)c1. The van der Waals surface area contributed by atoms with Crippen LogP contribution in [0.1, 0.15) is 40.3 Å². The summed E-state index contributed by atoms with van der Waals surface area (Å²) in [4.78, 5) is 18.6. The fraction of sp³-hybridized carbons (Fsp3) is 0.300. The second-order valence-corrected chi connectivity index (χ2v) is 7.11. The minimum atomic E-state index is -5.07. The first kappa shape index (κ1) is 20.8.